The maximum absolute atomic E-state index is 7.31. The molecule has 0 aliphatic heterocycles. The first-order valence-corrected chi connectivity index (χ1v) is 13.0. The van der Waals surface area contributed by atoms with Crippen LogP contribution in [0.5, 0.6) is 0 Å². The predicted molar refractivity (Wildman–Crippen MR) is 132 cm³/mol. The van der Waals surface area contributed by atoms with Crippen molar-refractivity contribution >= 4 is 58.0 Å². The monoisotopic (exact) mass is 522 g/mol. The van der Waals surface area contributed by atoms with Crippen molar-refractivity contribution in [2.75, 3.05) is 0 Å². The molecule has 9 atom stereocenters. The Labute approximate surface area is 211 Å². The molecule has 3 aromatic rings. The molecule has 5 unspecified atom stereocenters. The maximum atomic E-state index is 7.31. The number of hydrogen-bond acceptors (Lipinski definition) is 1. The van der Waals surface area contributed by atoms with Crippen LogP contribution < -0.4 is 0 Å². The lowest BCUT2D eigenvalue weighted by Gasteiger charge is -2.45. The maximum Gasteiger partial charge on any atom is 0.0965 e. The number of alkyl halides is 5. The Morgan fingerprint density at radius 1 is 0.781 bits per heavy atom. The van der Waals surface area contributed by atoms with E-state index in [1.54, 1.807) is 0 Å². The molecule has 2 aromatic carbocycles. The molecule has 32 heavy (non-hydrogen) atoms. The summed E-state index contributed by atoms with van der Waals surface area (Å²) < 4.78 is 2.11. The summed E-state index contributed by atoms with van der Waals surface area (Å²) in [6.45, 7) is 0. The van der Waals surface area contributed by atoms with Gasteiger partial charge in [0.05, 0.1) is 43.0 Å². The van der Waals surface area contributed by atoms with Crippen molar-refractivity contribution < 1.29 is 0 Å². The molecule has 4 bridgehead atoms. The summed E-state index contributed by atoms with van der Waals surface area (Å²) >= 11 is 35.2. The van der Waals surface area contributed by atoms with Crippen molar-refractivity contribution in [3.8, 4) is 16.9 Å². The number of benzene rings is 2. The molecule has 0 N–H and O–H groups in total. The third-order valence-electron chi connectivity index (χ3n) is 8.39. The molecule has 4 aliphatic carbocycles. The standard InChI is InChI=1S/C25H19Cl5N2/c26-21-22(27)25(30)18-15-11-14(17(18)24(21,29)23(25)28)16-19(12-7-3-1-4-8-12)31-32(20(15)16)13-9-5-2-6-10-13/h1-10,14-15,17-18,21-23H,11H2/t14-,15-,17?,18?,21?,22?,23-,24+,25?/m1/s1. The largest absolute Gasteiger partial charge is 0.237 e. The number of para-hydroxylation sites is 1. The lowest BCUT2D eigenvalue weighted by Crippen LogP contribution is -2.51. The number of halogens is 5. The van der Waals surface area contributed by atoms with Gasteiger partial charge in [0, 0.05) is 17.0 Å². The van der Waals surface area contributed by atoms with Crippen LogP contribution in [0.3, 0.4) is 0 Å². The first kappa shape index (κ1) is 20.5. The molecule has 3 fully saturated rings. The molecule has 3 saturated carbocycles. The summed E-state index contributed by atoms with van der Waals surface area (Å²) in [7, 11) is 0. The summed E-state index contributed by atoms with van der Waals surface area (Å²) in [4.78, 5) is -1.67. The molecule has 4 aliphatic rings. The summed E-state index contributed by atoms with van der Waals surface area (Å²) in [6.07, 6.45) is 0.981. The van der Waals surface area contributed by atoms with Crippen LogP contribution in [-0.4, -0.2) is 35.7 Å². The van der Waals surface area contributed by atoms with Gasteiger partial charge in [-0.3, -0.25) is 0 Å². The molecule has 0 saturated heterocycles. The highest BCUT2D eigenvalue weighted by atomic mass is 35.5. The molecule has 7 rings (SSSR count). The summed E-state index contributed by atoms with van der Waals surface area (Å²) in [5.74, 6) is 0.546. The fourth-order valence-electron chi connectivity index (χ4n) is 7.33. The molecule has 164 valence electrons. The highest BCUT2D eigenvalue weighted by Gasteiger charge is 2.83. The van der Waals surface area contributed by atoms with Crippen LogP contribution in [0, 0.1) is 11.8 Å². The van der Waals surface area contributed by atoms with E-state index in [2.05, 4.69) is 41.1 Å². The minimum Gasteiger partial charge on any atom is -0.237 e. The molecular formula is C25H19Cl5N2. The smallest absolute Gasteiger partial charge is 0.0965 e. The van der Waals surface area contributed by atoms with Crippen LogP contribution in [0.4, 0.5) is 0 Å². The summed E-state index contributed by atoms with van der Waals surface area (Å²) in [5, 5.41) is 3.72. The number of rotatable bonds is 2. The van der Waals surface area contributed by atoms with Crippen molar-refractivity contribution in [2.24, 2.45) is 11.8 Å². The van der Waals surface area contributed by atoms with Gasteiger partial charge in [-0.2, -0.15) is 5.10 Å². The van der Waals surface area contributed by atoms with Crippen LogP contribution in [0.15, 0.2) is 60.7 Å². The van der Waals surface area contributed by atoms with Gasteiger partial charge in [-0.15, -0.1) is 58.0 Å². The average molecular weight is 525 g/mol. The quantitative estimate of drug-likeness (QED) is 0.257. The van der Waals surface area contributed by atoms with E-state index in [-0.39, 0.29) is 23.7 Å². The summed E-state index contributed by atoms with van der Waals surface area (Å²) in [5.41, 5.74) is 5.67. The van der Waals surface area contributed by atoms with Crippen molar-refractivity contribution in [3.05, 3.63) is 71.9 Å². The van der Waals surface area contributed by atoms with Crippen molar-refractivity contribution in [2.45, 2.75) is 44.1 Å². The van der Waals surface area contributed by atoms with Crippen LogP contribution in [0.25, 0.3) is 16.9 Å². The topological polar surface area (TPSA) is 17.8 Å². The normalized spacial score (nSPS) is 43.0. The van der Waals surface area contributed by atoms with Crippen LogP contribution >= 0.6 is 58.0 Å². The molecular weight excluding hydrogens is 506 g/mol. The highest BCUT2D eigenvalue weighted by Crippen LogP contribution is 2.79. The van der Waals surface area contributed by atoms with Crippen LogP contribution in [-0.2, 0) is 0 Å². The Kier molecular flexibility index (Phi) is 4.23. The molecule has 2 nitrogen and oxygen atoms in total. The van der Waals surface area contributed by atoms with E-state index in [9.17, 15) is 0 Å². The number of fused-ring (bicyclic) bond motifs is 12. The molecule has 0 radical (unpaired) electrons. The molecule has 7 heteroatoms. The van der Waals surface area contributed by atoms with E-state index in [1.165, 1.54) is 11.3 Å². The second-order valence-electron chi connectivity index (χ2n) is 9.58. The van der Waals surface area contributed by atoms with E-state index < -0.39 is 25.9 Å². The van der Waals surface area contributed by atoms with Gasteiger partial charge >= 0.3 is 0 Å². The Morgan fingerprint density at radius 2 is 1.34 bits per heavy atom. The van der Waals surface area contributed by atoms with E-state index in [0.717, 1.165) is 23.4 Å². The number of nitrogens with zero attached hydrogens (tertiary/aromatic N) is 2. The third kappa shape index (κ3) is 2.16. The Bertz CT molecular complexity index is 1140. The SMILES string of the molecule is ClC1C(Cl)[C@@]2(Cl)C3C([C@H]4C[C@@H]3c3c(-c5ccccc5)nn(-c5ccccc5)c34)C1(Cl)[C@@H]2Cl. The predicted octanol–water partition coefficient (Wildman–Crippen LogP) is 7.16. The molecule has 1 heterocycles. The average Bonchev–Trinajstić information content (AvgIpc) is 3.57. The van der Waals surface area contributed by atoms with E-state index in [1.807, 2.05) is 24.3 Å². The van der Waals surface area contributed by atoms with Gasteiger partial charge in [0.2, 0.25) is 0 Å². The fourth-order valence-corrected chi connectivity index (χ4v) is 10.4. The van der Waals surface area contributed by atoms with Crippen molar-refractivity contribution in [1.82, 2.24) is 9.78 Å². The zero-order valence-electron chi connectivity index (χ0n) is 16.8. The lowest BCUT2D eigenvalue weighted by atomic mass is 9.69. The van der Waals surface area contributed by atoms with Crippen molar-refractivity contribution in [3.63, 3.8) is 0 Å². The summed E-state index contributed by atoms with van der Waals surface area (Å²) in [6, 6.07) is 20.6. The minimum absolute atomic E-state index is 0.0713. The second kappa shape index (κ2) is 6.61. The van der Waals surface area contributed by atoms with Gasteiger partial charge in [-0.05, 0) is 36.3 Å². The van der Waals surface area contributed by atoms with E-state index in [4.69, 9.17) is 63.1 Å². The fraction of sp³-hybridized carbons (Fsp3) is 0.400. The van der Waals surface area contributed by atoms with E-state index >= 15 is 0 Å². The minimum atomic E-state index is -0.836. The molecule has 1 aromatic heterocycles. The van der Waals surface area contributed by atoms with Gasteiger partial charge in [0.25, 0.3) is 0 Å². The molecule has 0 amide bonds. The van der Waals surface area contributed by atoms with Crippen molar-refractivity contribution in [1.29, 1.82) is 0 Å². The van der Waals surface area contributed by atoms with E-state index in [0.29, 0.717) is 0 Å². The lowest BCUT2D eigenvalue weighted by molar-refractivity contribution is 0.248. The third-order valence-corrected chi connectivity index (χ3v) is 12.3. The zero-order chi connectivity index (χ0) is 22.0. The van der Waals surface area contributed by atoms with Crippen LogP contribution in [0.2, 0.25) is 0 Å². The second-order valence-corrected chi connectivity index (χ2v) is 12.3. The van der Waals surface area contributed by atoms with Gasteiger partial charge < -0.3 is 0 Å². The Morgan fingerprint density at radius 3 is 1.97 bits per heavy atom. The van der Waals surface area contributed by atoms with Gasteiger partial charge in [-0.25, -0.2) is 4.68 Å². The van der Waals surface area contributed by atoms with Crippen LogP contribution in [0.1, 0.15) is 29.5 Å². The van der Waals surface area contributed by atoms with Gasteiger partial charge in [-0.1, -0.05) is 48.5 Å². The Balaban J connectivity index is 1.49. The highest BCUT2D eigenvalue weighted by molar-refractivity contribution is 6.49. The van der Waals surface area contributed by atoms with Gasteiger partial charge in [0.1, 0.15) is 0 Å². The number of hydrogen-bond donors (Lipinski definition) is 0. The molecule has 0 spiro atoms. The first-order valence-electron chi connectivity index (χ1n) is 10.9. The number of aromatic nitrogens is 2. The van der Waals surface area contributed by atoms with Gasteiger partial charge in [0.15, 0.2) is 0 Å². The first-order chi connectivity index (χ1) is 15.4. The zero-order valence-corrected chi connectivity index (χ0v) is 20.6. The Hall–Kier alpha value is -0.900.